The van der Waals surface area contributed by atoms with E-state index in [1.807, 2.05) is 0 Å². The number of nitrogens with zero attached hydrogens (tertiary/aromatic N) is 1. The van der Waals surface area contributed by atoms with Crippen LogP contribution in [0.4, 0.5) is 0 Å². The van der Waals surface area contributed by atoms with E-state index in [0.717, 1.165) is 31.8 Å². The van der Waals surface area contributed by atoms with Crippen molar-refractivity contribution in [1.82, 2.24) is 4.31 Å². The molecule has 1 fully saturated rings. The third kappa shape index (κ3) is 2.98. The minimum Gasteiger partial charge on any atom is -0.212 e. The third-order valence-corrected chi connectivity index (χ3v) is 6.18. The molecule has 1 saturated heterocycles. The van der Waals surface area contributed by atoms with E-state index in [-0.39, 0.29) is 5.25 Å². The summed E-state index contributed by atoms with van der Waals surface area (Å²) in [5.74, 6) is 1.44. The molecule has 1 heterocycles. The van der Waals surface area contributed by atoms with Crippen LogP contribution in [0.2, 0.25) is 0 Å². The Morgan fingerprint density at radius 3 is 2.06 bits per heavy atom. The summed E-state index contributed by atoms with van der Waals surface area (Å²) in [6.45, 7) is 9.44. The first-order valence-corrected chi connectivity index (χ1v) is 7.88. The predicted octanol–water partition coefficient (Wildman–Crippen LogP) is 2.48. The molecule has 0 bridgehead atoms. The van der Waals surface area contributed by atoms with Gasteiger partial charge in [-0.2, -0.15) is 0 Å². The number of piperidine rings is 1. The molecule has 0 aromatic carbocycles. The van der Waals surface area contributed by atoms with Crippen molar-refractivity contribution in [2.24, 2.45) is 11.8 Å². The lowest BCUT2D eigenvalue weighted by atomic mass is 9.85. The fraction of sp³-hybridized carbons (Fsp3) is 1.00. The zero-order valence-electron chi connectivity index (χ0n) is 10.9. The summed E-state index contributed by atoms with van der Waals surface area (Å²) < 4.78 is 25.6. The summed E-state index contributed by atoms with van der Waals surface area (Å²) in [5.41, 5.74) is 0. The third-order valence-electron chi connectivity index (χ3n) is 3.90. The molecule has 0 aromatic heterocycles. The van der Waals surface area contributed by atoms with Gasteiger partial charge >= 0.3 is 0 Å². The Kier molecular flexibility index (Phi) is 4.80. The van der Waals surface area contributed by atoms with Crippen LogP contribution in [-0.4, -0.2) is 31.1 Å². The van der Waals surface area contributed by atoms with Crippen molar-refractivity contribution in [3.8, 4) is 0 Å². The lowest BCUT2D eigenvalue weighted by Crippen LogP contribution is -2.42. The first kappa shape index (κ1) is 14.0. The molecule has 3 nitrogen and oxygen atoms in total. The number of sulfonamides is 1. The maximum absolute atomic E-state index is 12.0. The summed E-state index contributed by atoms with van der Waals surface area (Å²) in [7, 11) is -3.02. The highest BCUT2D eigenvalue weighted by atomic mass is 32.2. The fourth-order valence-electron chi connectivity index (χ4n) is 2.33. The largest absolute Gasteiger partial charge is 0.216 e. The van der Waals surface area contributed by atoms with Gasteiger partial charge in [-0.3, -0.25) is 0 Å². The van der Waals surface area contributed by atoms with Crippen LogP contribution in [0, 0.1) is 11.8 Å². The van der Waals surface area contributed by atoms with Gasteiger partial charge in [-0.1, -0.05) is 20.3 Å². The first-order chi connectivity index (χ1) is 7.39. The molecule has 0 aliphatic carbocycles. The van der Waals surface area contributed by atoms with Gasteiger partial charge in [-0.25, -0.2) is 12.7 Å². The zero-order valence-corrected chi connectivity index (χ0v) is 11.8. The van der Waals surface area contributed by atoms with E-state index in [1.54, 1.807) is 18.2 Å². The van der Waals surface area contributed by atoms with Crippen molar-refractivity contribution in [3.63, 3.8) is 0 Å². The monoisotopic (exact) mass is 247 g/mol. The van der Waals surface area contributed by atoms with Crippen LogP contribution in [0.3, 0.4) is 0 Å². The van der Waals surface area contributed by atoms with Crippen molar-refractivity contribution < 1.29 is 8.42 Å². The van der Waals surface area contributed by atoms with Gasteiger partial charge in [0.25, 0.3) is 0 Å². The molecule has 4 heteroatoms. The molecule has 1 aliphatic heterocycles. The van der Waals surface area contributed by atoms with Crippen LogP contribution < -0.4 is 0 Å². The standard InChI is InChI=1S/C12H25NO2S/c1-5-11(4)12-6-8-13(9-7-12)16(14,15)10(2)3/h10-12H,5-9H2,1-4H3. The Balaban J connectivity index is 2.56. The Morgan fingerprint density at radius 2 is 1.69 bits per heavy atom. The molecule has 1 rings (SSSR count). The highest BCUT2D eigenvalue weighted by molar-refractivity contribution is 7.89. The van der Waals surface area contributed by atoms with E-state index in [2.05, 4.69) is 13.8 Å². The molecule has 0 aromatic rings. The summed E-state index contributed by atoms with van der Waals surface area (Å²) >= 11 is 0. The van der Waals surface area contributed by atoms with Crippen molar-refractivity contribution in [2.75, 3.05) is 13.1 Å². The maximum Gasteiger partial charge on any atom is 0.216 e. The molecule has 0 spiro atoms. The Labute approximate surface area is 100 Å². The molecule has 0 radical (unpaired) electrons. The minimum atomic E-state index is -3.02. The fourth-order valence-corrected chi connectivity index (χ4v) is 3.65. The molecular formula is C12H25NO2S. The Bertz CT molecular complexity index is 303. The molecule has 16 heavy (non-hydrogen) atoms. The van der Waals surface area contributed by atoms with E-state index in [0.29, 0.717) is 5.92 Å². The van der Waals surface area contributed by atoms with Gasteiger partial charge in [0.2, 0.25) is 10.0 Å². The van der Waals surface area contributed by atoms with Gasteiger partial charge < -0.3 is 0 Å². The van der Waals surface area contributed by atoms with Gasteiger partial charge in [0.05, 0.1) is 5.25 Å². The molecule has 1 unspecified atom stereocenters. The summed E-state index contributed by atoms with van der Waals surface area (Å²) in [6.07, 6.45) is 3.25. The summed E-state index contributed by atoms with van der Waals surface area (Å²) in [4.78, 5) is 0. The molecule has 1 atom stereocenters. The quantitative estimate of drug-likeness (QED) is 0.765. The molecule has 0 N–H and O–H groups in total. The van der Waals surface area contributed by atoms with E-state index < -0.39 is 10.0 Å². The minimum absolute atomic E-state index is 0.285. The molecule has 0 saturated carbocycles. The highest BCUT2D eigenvalue weighted by Crippen LogP contribution is 2.28. The van der Waals surface area contributed by atoms with Gasteiger partial charge in [0.15, 0.2) is 0 Å². The Morgan fingerprint density at radius 1 is 1.19 bits per heavy atom. The summed E-state index contributed by atoms with van der Waals surface area (Å²) in [6, 6.07) is 0. The molecule has 1 aliphatic rings. The second kappa shape index (κ2) is 5.50. The van der Waals surface area contributed by atoms with Crippen molar-refractivity contribution in [3.05, 3.63) is 0 Å². The SMILES string of the molecule is CCC(C)C1CCN(S(=O)(=O)C(C)C)CC1. The maximum atomic E-state index is 12.0. The van der Waals surface area contributed by atoms with E-state index >= 15 is 0 Å². The first-order valence-electron chi connectivity index (χ1n) is 6.38. The van der Waals surface area contributed by atoms with Crippen LogP contribution in [0.1, 0.15) is 47.0 Å². The van der Waals surface area contributed by atoms with Crippen molar-refractivity contribution >= 4 is 10.0 Å². The molecule has 96 valence electrons. The zero-order chi connectivity index (χ0) is 12.3. The highest BCUT2D eigenvalue weighted by Gasteiger charge is 2.31. The van der Waals surface area contributed by atoms with Crippen LogP contribution in [0.15, 0.2) is 0 Å². The van der Waals surface area contributed by atoms with E-state index in [4.69, 9.17) is 0 Å². The van der Waals surface area contributed by atoms with Crippen molar-refractivity contribution in [2.45, 2.75) is 52.2 Å². The van der Waals surface area contributed by atoms with Crippen LogP contribution in [0.25, 0.3) is 0 Å². The van der Waals surface area contributed by atoms with Gasteiger partial charge in [-0.15, -0.1) is 0 Å². The van der Waals surface area contributed by atoms with Crippen LogP contribution in [-0.2, 0) is 10.0 Å². The molecular weight excluding hydrogens is 222 g/mol. The topological polar surface area (TPSA) is 37.4 Å². The number of hydrogen-bond donors (Lipinski definition) is 0. The van der Waals surface area contributed by atoms with Crippen LogP contribution in [0.5, 0.6) is 0 Å². The lowest BCUT2D eigenvalue weighted by Gasteiger charge is -2.34. The van der Waals surface area contributed by atoms with Crippen LogP contribution >= 0.6 is 0 Å². The lowest BCUT2D eigenvalue weighted by molar-refractivity contribution is 0.212. The smallest absolute Gasteiger partial charge is 0.212 e. The average molecular weight is 247 g/mol. The molecule has 0 amide bonds. The Hall–Kier alpha value is -0.0900. The van der Waals surface area contributed by atoms with E-state index in [9.17, 15) is 8.42 Å². The van der Waals surface area contributed by atoms with Gasteiger partial charge in [0, 0.05) is 13.1 Å². The normalized spacial score (nSPS) is 22.6. The van der Waals surface area contributed by atoms with Gasteiger partial charge in [-0.05, 0) is 38.5 Å². The number of rotatable bonds is 4. The van der Waals surface area contributed by atoms with Gasteiger partial charge in [0.1, 0.15) is 0 Å². The summed E-state index contributed by atoms with van der Waals surface area (Å²) in [5, 5.41) is -0.285. The average Bonchev–Trinajstić information content (AvgIpc) is 2.28. The second-order valence-electron chi connectivity index (χ2n) is 5.22. The number of hydrogen-bond acceptors (Lipinski definition) is 2. The van der Waals surface area contributed by atoms with E-state index in [1.165, 1.54) is 6.42 Å². The second-order valence-corrected chi connectivity index (χ2v) is 7.70. The predicted molar refractivity (Wildman–Crippen MR) is 67.8 cm³/mol. The van der Waals surface area contributed by atoms with Crippen molar-refractivity contribution in [1.29, 1.82) is 0 Å².